The SMILES string of the molecule is CC(C)=CC[C@]1(CO)CCCN(Cc2cnc(C)nc2)C1. The van der Waals surface area contributed by atoms with Crippen molar-refractivity contribution >= 4 is 0 Å². The van der Waals surface area contributed by atoms with Crippen LogP contribution in [-0.4, -0.2) is 39.7 Å². The van der Waals surface area contributed by atoms with Crippen molar-refractivity contribution in [3.63, 3.8) is 0 Å². The van der Waals surface area contributed by atoms with Crippen LogP contribution >= 0.6 is 0 Å². The minimum atomic E-state index is 0.0150. The maximum Gasteiger partial charge on any atom is 0.125 e. The van der Waals surface area contributed by atoms with Gasteiger partial charge in [-0.25, -0.2) is 9.97 Å². The third kappa shape index (κ3) is 4.61. The number of aromatic nitrogens is 2. The van der Waals surface area contributed by atoms with Crippen LogP contribution in [0.1, 0.15) is 44.5 Å². The Balaban J connectivity index is 2.01. The molecule has 0 unspecified atom stereocenters. The molecule has 2 rings (SSSR count). The van der Waals surface area contributed by atoms with Crippen LogP contribution < -0.4 is 0 Å². The molecule has 116 valence electrons. The minimum Gasteiger partial charge on any atom is -0.396 e. The molecule has 1 fully saturated rings. The topological polar surface area (TPSA) is 49.2 Å². The average molecular weight is 289 g/mol. The first kappa shape index (κ1) is 16.1. The summed E-state index contributed by atoms with van der Waals surface area (Å²) in [4.78, 5) is 11.0. The molecule has 1 aliphatic rings. The normalized spacial score (nSPS) is 23.0. The van der Waals surface area contributed by atoms with Gasteiger partial charge in [-0.05, 0) is 46.6 Å². The zero-order chi connectivity index (χ0) is 15.3. The predicted molar refractivity (Wildman–Crippen MR) is 84.8 cm³/mol. The Kier molecular flexibility index (Phi) is 5.48. The summed E-state index contributed by atoms with van der Waals surface area (Å²) < 4.78 is 0. The molecule has 2 heterocycles. The van der Waals surface area contributed by atoms with Gasteiger partial charge in [0.05, 0.1) is 6.61 Å². The van der Waals surface area contributed by atoms with Crippen molar-refractivity contribution in [3.05, 3.63) is 35.4 Å². The quantitative estimate of drug-likeness (QED) is 0.847. The first-order valence-corrected chi connectivity index (χ1v) is 7.77. The van der Waals surface area contributed by atoms with Gasteiger partial charge in [0, 0.05) is 36.5 Å². The summed E-state index contributed by atoms with van der Waals surface area (Å²) in [5.41, 5.74) is 2.49. The second kappa shape index (κ2) is 7.14. The van der Waals surface area contributed by atoms with E-state index in [-0.39, 0.29) is 12.0 Å². The monoisotopic (exact) mass is 289 g/mol. The number of rotatable bonds is 5. The minimum absolute atomic E-state index is 0.0150. The summed E-state index contributed by atoms with van der Waals surface area (Å²) in [7, 11) is 0. The van der Waals surface area contributed by atoms with Crippen LogP contribution in [0.5, 0.6) is 0 Å². The van der Waals surface area contributed by atoms with Gasteiger partial charge in [-0.15, -0.1) is 0 Å². The summed E-state index contributed by atoms with van der Waals surface area (Å²) >= 11 is 0. The number of allylic oxidation sites excluding steroid dienone is 2. The standard InChI is InChI=1S/C17H27N3O/c1-14(2)5-7-17(13-21)6-4-8-20(12-17)11-16-9-18-15(3)19-10-16/h5,9-10,21H,4,6-8,11-13H2,1-3H3/t17-/m1/s1. The third-order valence-corrected chi connectivity index (χ3v) is 4.26. The van der Waals surface area contributed by atoms with E-state index in [1.807, 2.05) is 19.3 Å². The number of nitrogens with zero attached hydrogens (tertiary/aromatic N) is 3. The molecule has 0 bridgehead atoms. The molecule has 1 aromatic rings. The van der Waals surface area contributed by atoms with Crippen LogP contribution in [0, 0.1) is 12.3 Å². The van der Waals surface area contributed by atoms with Gasteiger partial charge >= 0.3 is 0 Å². The number of hydrogen-bond donors (Lipinski definition) is 1. The van der Waals surface area contributed by atoms with Crippen LogP contribution in [0.3, 0.4) is 0 Å². The summed E-state index contributed by atoms with van der Waals surface area (Å²) in [6.07, 6.45) is 9.29. The van der Waals surface area contributed by atoms with Gasteiger partial charge in [0.1, 0.15) is 5.82 Å². The lowest BCUT2D eigenvalue weighted by Gasteiger charge is -2.41. The van der Waals surface area contributed by atoms with Gasteiger partial charge in [-0.3, -0.25) is 4.90 Å². The molecule has 21 heavy (non-hydrogen) atoms. The van der Waals surface area contributed by atoms with Crippen molar-refractivity contribution in [1.29, 1.82) is 0 Å². The van der Waals surface area contributed by atoms with E-state index in [0.717, 1.165) is 50.3 Å². The van der Waals surface area contributed by atoms with Crippen molar-refractivity contribution in [1.82, 2.24) is 14.9 Å². The number of aryl methyl sites for hydroxylation is 1. The van der Waals surface area contributed by atoms with E-state index in [1.54, 1.807) is 0 Å². The molecule has 0 aliphatic carbocycles. The third-order valence-electron chi connectivity index (χ3n) is 4.26. The van der Waals surface area contributed by atoms with E-state index in [0.29, 0.717) is 0 Å². The first-order chi connectivity index (χ1) is 10.0. The van der Waals surface area contributed by atoms with E-state index < -0.39 is 0 Å². The fourth-order valence-electron chi connectivity index (χ4n) is 2.99. The molecule has 0 spiro atoms. The lowest BCUT2D eigenvalue weighted by molar-refractivity contribution is 0.0306. The van der Waals surface area contributed by atoms with Crippen LogP contribution in [-0.2, 0) is 6.54 Å². The number of aliphatic hydroxyl groups excluding tert-OH is 1. The largest absolute Gasteiger partial charge is 0.396 e. The lowest BCUT2D eigenvalue weighted by atomic mass is 9.77. The van der Waals surface area contributed by atoms with E-state index in [1.165, 1.54) is 5.57 Å². The molecule has 0 aromatic carbocycles. The second-order valence-corrected chi connectivity index (χ2v) is 6.60. The van der Waals surface area contributed by atoms with Crippen molar-refractivity contribution in [2.45, 2.75) is 46.6 Å². The van der Waals surface area contributed by atoms with Gasteiger partial charge in [0.25, 0.3) is 0 Å². The van der Waals surface area contributed by atoms with E-state index in [4.69, 9.17) is 0 Å². The maximum atomic E-state index is 9.89. The van der Waals surface area contributed by atoms with Gasteiger partial charge in [0.2, 0.25) is 0 Å². The Hall–Kier alpha value is -1.26. The summed E-state index contributed by atoms with van der Waals surface area (Å²) in [6, 6.07) is 0. The summed E-state index contributed by atoms with van der Waals surface area (Å²) in [5.74, 6) is 0.811. The van der Waals surface area contributed by atoms with Gasteiger partial charge in [-0.2, -0.15) is 0 Å². The van der Waals surface area contributed by atoms with Crippen LogP contribution in [0.4, 0.5) is 0 Å². The molecule has 0 radical (unpaired) electrons. The molecule has 4 nitrogen and oxygen atoms in total. The smallest absolute Gasteiger partial charge is 0.125 e. The van der Waals surface area contributed by atoms with Crippen molar-refractivity contribution in [2.75, 3.05) is 19.7 Å². The second-order valence-electron chi connectivity index (χ2n) is 6.60. The Bertz CT molecular complexity index is 479. The molecular weight excluding hydrogens is 262 g/mol. The zero-order valence-corrected chi connectivity index (χ0v) is 13.5. The van der Waals surface area contributed by atoms with E-state index in [9.17, 15) is 5.11 Å². The van der Waals surface area contributed by atoms with Crippen molar-refractivity contribution in [3.8, 4) is 0 Å². The fourth-order valence-corrected chi connectivity index (χ4v) is 2.99. The highest BCUT2D eigenvalue weighted by molar-refractivity contribution is 5.06. The zero-order valence-electron chi connectivity index (χ0n) is 13.5. The Morgan fingerprint density at radius 2 is 2.10 bits per heavy atom. The summed E-state index contributed by atoms with van der Waals surface area (Å²) in [5, 5.41) is 9.89. The molecule has 0 amide bonds. The van der Waals surface area contributed by atoms with Gasteiger partial charge in [0.15, 0.2) is 0 Å². The molecule has 1 atom stereocenters. The molecule has 1 N–H and O–H groups in total. The highest BCUT2D eigenvalue weighted by Crippen LogP contribution is 2.34. The Morgan fingerprint density at radius 1 is 1.38 bits per heavy atom. The highest BCUT2D eigenvalue weighted by Gasteiger charge is 2.33. The number of hydrogen-bond acceptors (Lipinski definition) is 4. The van der Waals surface area contributed by atoms with Gasteiger partial charge < -0.3 is 5.11 Å². The van der Waals surface area contributed by atoms with E-state index in [2.05, 4.69) is 34.8 Å². The van der Waals surface area contributed by atoms with Crippen LogP contribution in [0.2, 0.25) is 0 Å². The van der Waals surface area contributed by atoms with Crippen LogP contribution in [0.25, 0.3) is 0 Å². The predicted octanol–water partition coefficient (Wildman–Crippen LogP) is 2.72. The van der Waals surface area contributed by atoms with Crippen molar-refractivity contribution in [2.24, 2.45) is 5.41 Å². The Morgan fingerprint density at radius 3 is 2.71 bits per heavy atom. The van der Waals surface area contributed by atoms with E-state index >= 15 is 0 Å². The fraction of sp³-hybridized carbons (Fsp3) is 0.647. The molecule has 1 aromatic heterocycles. The highest BCUT2D eigenvalue weighted by atomic mass is 16.3. The maximum absolute atomic E-state index is 9.89. The first-order valence-electron chi connectivity index (χ1n) is 7.77. The molecule has 1 saturated heterocycles. The average Bonchev–Trinajstić information content (AvgIpc) is 2.48. The van der Waals surface area contributed by atoms with Gasteiger partial charge in [-0.1, -0.05) is 11.6 Å². The lowest BCUT2D eigenvalue weighted by Crippen LogP contribution is -2.44. The summed E-state index contributed by atoms with van der Waals surface area (Å²) in [6.45, 7) is 9.31. The van der Waals surface area contributed by atoms with Crippen molar-refractivity contribution < 1.29 is 5.11 Å². The number of aliphatic hydroxyl groups is 1. The number of likely N-dealkylation sites (tertiary alicyclic amines) is 1. The molecule has 0 saturated carbocycles. The Labute approximate surface area is 127 Å². The van der Waals surface area contributed by atoms with Crippen LogP contribution in [0.15, 0.2) is 24.0 Å². The molecular formula is C17H27N3O. The number of piperidine rings is 1. The molecule has 4 heteroatoms. The molecule has 1 aliphatic heterocycles.